The molecule has 0 saturated heterocycles. The fourth-order valence-electron chi connectivity index (χ4n) is 4.07. The summed E-state index contributed by atoms with van der Waals surface area (Å²) in [5, 5.41) is 13.1. The van der Waals surface area contributed by atoms with Gasteiger partial charge in [0.1, 0.15) is 6.10 Å². The molecule has 0 saturated carbocycles. The Balaban J connectivity index is 2.05. The summed E-state index contributed by atoms with van der Waals surface area (Å²) in [5.74, 6) is -0.610. The number of hydrogen-bond donors (Lipinski definition) is 3. The third-order valence-electron chi connectivity index (χ3n) is 6.27. The number of rotatable bonds is 8. The Morgan fingerprint density at radius 2 is 1.87 bits per heavy atom. The van der Waals surface area contributed by atoms with Gasteiger partial charge in [-0.2, -0.15) is 0 Å². The Hall–Kier alpha value is -3.02. The minimum absolute atomic E-state index is 0.0118. The van der Waals surface area contributed by atoms with Crippen LogP contribution in [0.2, 0.25) is 5.02 Å². The lowest BCUT2D eigenvalue weighted by atomic mass is 9.99. The standard InChI is InChI=1S/C26H35ClN4O6S/c1-16(2)28-26(34)30(5)14-23-17(3)13-31(18(4)15-32)25(33)21-7-6-8-22(24(21)37-23)29-38(35,36)20-11-9-19(27)10-12-20/h6-12,16-18,23,29,32H,13-15H2,1-5H3,(H,28,34)/t17-,18+,23-/m1/s1. The molecular weight excluding hydrogens is 532 g/mol. The first kappa shape index (κ1) is 29.5. The molecule has 2 aromatic carbocycles. The van der Waals surface area contributed by atoms with Crippen LogP contribution >= 0.6 is 11.6 Å². The molecule has 3 amide bonds. The number of likely N-dealkylation sites (N-methyl/N-ethyl adjacent to an activating group) is 1. The summed E-state index contributed by atoms with van der Waals surface area (Å²) >= 11 is 5.91. The fraction of sp³-hybridized carbons (Fsp3) is 0.462. The number of carbonyl (C=O) groups excluding carboxylic acids is 2. The van der Waals surface area contributed by atoms with Crippen molar-refractivity contribution in [2.45, 2.75) is 50.8 Å². The van der Waals surface area contributed by atoms with Crippen LogP contribution in [0, 0.1) is 5.92 Å². The molecule has 3 N–H and O–H groups in total. The minimum Gasteiger partial charge on any atom is -0.485 e. The number of ether oxygens (including phenoxy) is 1. The summed E-state index contributed by atoms with van der Waals surface area (Å²) in [6, 6.07) is 9.47. The highest BCUT2D eigenvalue weighted by atomic mass is 35.5. The maximum absolute atomic E-state index is 13.6. The summed E-state index contributed by atoms with van der Waals surface area (Å²) in [6.45, 7) is 7.52. The van der Waals surface area contributed by atoms with Crippen LogP contribution < -0.4 is 14.8 Å². The molecule has 3 rings (SSSR count). The van der Waals surface area contributed by atoms with Crippen LogP contribution in [0.5, 0.6) is 5.75 Å². The minimum atomic E-state index is -4.05. The van der Waals surface area contributed by atoms with Gasteiger partial charge in [-0.05, 0) is 57.2 Å². The van der Waals surface area contributed by atoms with Crippen molar-refractivity contribution in [3.05, 3.63) is 53.1 Å². The molecule has 0 aromatic heterocycles. The predicted octanol–water partition coefficient (Wildman–Crippen LogP) is 3.41. The molecule has 3 atom stereocenters. The number of para-hydroxylation sites is 1. The van der Waals surface area contributed by atoms with E-state index in [-0.39, 0.29) is 59.6 Å². The van der Waals surface area contributed by atoms with Crippen LogP contribution in [0.1, 0.15) is 38.1 Å². The average Bonchev–Trinajstić information content (AvgIpc) is 2.85. The van der Waals surface area contributed by atoms with Gasteiger partial charge >= 0.3 is 6.03 Å². The molecule has 2 aromatic rings. The van der Waals surface area contributed by atoms with Crippen molar-refractivity contribution in [2.24, 2.45) is 5.92 Å². The van der Waals surface area contributed by atoms with E-state index in [1.165, 1.54) is 35.2 Å². The van der Waals surface area contributed by atoms with Gasteiger partial charge in [-0.3, -0.25) is 9.52 Å². The number of amides is 3. The third kappa shape index (κ3) is 6.89. The average molecular weight is 567 g/mol. The van der Waals surface area contributed by atoms with Crippen LogP contribution in [-0.2, 0) is 10.0 Å². The number of halogens is 1. The number of urea groups is 1. The van der Waals surface area contributed by atoms with Gasteiger partial charge in [-0.1, -0.05) is 24.6 Å². The first-order valence-corrected chi connectivity index (χ1v) is 14.2. The molecule has 0 bridgehead atoms. The van der Waals surface area contributed by atoms with Crippen molar-refractivity contribution in [3.8, 4) is 5.75 Å². The van der Waals surface area contributed by atoms with Crippen molar-refractivity contribution in [2.75, 3.05) is 31.5 Å². The number of nitrogens with one attached hydrogen (secondary N) is 2. The van der Waals surface area contributed by atoms with E-state index in [9.17, 15) is 23.1 Å². The molecule has 38 heavy (non-hydrogen) atoms. The Morgan fingerprint density at radius 1 is 1.21 bits per heavy atom. The van der Waals surface area contributed by atoms with Crippen LogP contribution in [0.25, 0.3) is 0 Å². The molecule has 1 aliphatic heterocycles. The van der Waals surface area contributed by atoms with Crippen molar-refractivity contribution in [1.29, 1.82) is 0 Å². The first-order valence-electron chi connectivity index (χ1n) is 12.4. The number of anilines is 1. The normalized spacial score (nSPS) is 18.6. The number of fused-ring (bicyclic) bond motifs is 1. The van der Waals surface area contributed by atoms with Gasteiger partial charge in [0, 0.05) is 30.6 Å². The monoisotopic (exact) mass is 566 g/mol. The van der Waals surface area contributed by atoms with Crippen LogP contribution in [-0.4, -0.2) is 80.2 Å². The second kappa shape index (κ2) is 12.2. The lowest BCUT2D eigenvalue weighted by molar-refractivity contribution is 0.0369. The largest absolute Gasteiger partial charge is 0.485 e. The number of carbonyl (C=O) groups is 2. The number of nitrogens with zero attached hydrogens (tertiary/aromatic N) is 2. The summed E-state index contributed by atoms with van der Waals surface area (Å²) in [6.07, 6.45) is -0.598. The first-order chi connectivity index (χ1) is 17.8. The zero-order valence-electron chi connectivity index (χ0n) is 22.1. The molecule has 1 heterocycles. The van der Waals surface area contributed by atoms with Crippen LogP contribution in [0.4, 0.5) is 10.5 Å². The van der Waals surface area contributed by atoms with Gasteiger partial charge in [0.05, 0.1) is 35.3 Å². The number of aliphatic hydroxyl groups excluding tert-OH is 1. The van der Waals surface area contributed by atoms with Crippen LogP contribution in [0.3, 0.4) is 0 Å². The lowest BCUT2D eigenvalue weighted by Gasteiger charge is -2.38. The summed E-state index contributed by atoms with van der Waals surface area (Å²) < 4.78 is 35.2. The molecule has 208 valence electrons. The quantitative estimate of drug-likeness (QED) is 0.449. The van der Waals surface area contributed by atoms with Crippen LogP contribution in [0.15, 0.2) is 47.4 Å². The number of aliphatic hydroxyl groups is 1. The van der Waals surface area contributed by atoms with Crippen molar-refractivity contribution >= 4 is 39.2 Å². The molecule has 0 aliphatic carbocycles. The van der Waals surface area contributed by atoms with Gasteiger partial charge in [-0.25, -0.2) is 13.2 Å². The number of benzene rings is 2. The van der Waals surface area contributed by atoms with E-state index in [4.69, 9.17) is 16.3 Å². The second-order valence-corrected chi connectivity index (χ2v) is 12.0. The van der Waals surface area contributed by atoms with E-state index in [1.807, 2.05) is 20.8 Å². The highest BCUT2D eigenvalue weighted by Crippen LogP contribution is 2.36. The summed E-state index contributed by atoms with van der Waals surface area (Å²) in [7, 11) is -2.40. The fourth-order valence-corrected chi connectivity index (χ4v) is 5.26. The van der Waals surface area contributed by atoms with E-state index in [0.717, 1.165) is 0 Å². The maximum Gasteiger partial charge on any atom is 0.317 e. The summed E-state index contributed by atoms with van der Waals surface area (Å²) in [4.78, 5) is 29.2. The Kier molecular flexibility index (Phi) is 9.50. The highest BCUT2D eigenvalue weighted by molar-refractivity contribution is 7.92. The van der Waals surface area contributed by atoms with Gasteiger partial charge in [0.2, 0.25) is 0 Å². The molecule has 10 nitrogen and oxygen atoms in total. The van der Waals surface area contributed by atoms with E-state index < -0.39 is 28.1 Å². The van der Waals surface area contributed by atoms with Gasteiger partial charge in [0.15, 0.2) is 5.75 Å². The topological polar surface area (TPSA) is 128 Å². The van der Waals surface area contributed by atoms with Gasteiger partial charge < -0.3 is 25.0 Å². The molecule has 0 unspecified atom stereocenters. The SMILES string of the molecule is CC(C)NC(=O)N(C)C[C@H]1Oc2c(NS(=O)(=O)c3ccc(Cl)cc3)cccc2C(=O)N([C@@H](C)CO)C[C@H]1C. The van der Waals surface area contributed by atoms with E-state index in [1.54, 1.807) is 31.0 Å². The van der Waals surface area contributed by atoms with Crippen molar-refractivity contribution in [3.63, 3.8) is 0 Å². The van der Waals surface area contributed by atoms with Gasteiger partial charge in [0.25, 0.3) is 15.9 Å². The smallest absolute Gasteiger partial charge is 0.317 e. The van der Waals surface area contributed by atoms with E-state index in [2.05, 4.69) is 10.0 Å². The van der Waals surface area contributed by atoms with Crippen molar-refractivity contribution in [1.82, 2.24) is 15.1 Å². The Morgan fingerprint density at radius 3 is 2.47 bits per heavy atom. The van der Waals surface area contributed by atoms with Crippen molar-refractivity contribution < 1.29 is 27.9 Å². The van der Waals surface area contributed by atoms with E-state index >= 15 is 0 Å². The zero-order valence-corrected chi connectivity index (χ0v) is 23.7. The Labute approximate surface area is 229 Å². The van der Waals surface area contributed by atoms with Gasteiger partial charge in [-0.15, -0.1) is 0 Å². The summed E-state index contributed by atoms with van der Waals surface area (Å²) in [5.41, 5.74) is 0.226. The molecule has 0 fully saturated rings. The maximum atomic E-state index is 13.6. The number of sulfonamides is 1. The molecule has 12 heteroatoms. The second-order valence-electron chi connectivity index (χ2n) is 9.85. The Bertz CT molecular complexity index is 1250. The molecule has 0 radical (unpaired) electrons. The third-order valence-corrected chi connectivity index (χ3v) is 7.91. The molecule has 0 spiro atoms. The highest BCUT2D eigenvalue weighted by Gasteiger charge is 2.35. The predicted molar refractivity (Wildman–Crippen MR) is 146 cm³/mol. The lowest BCUT2D eigenvalue weighted by Crippen LogP contribution is -2.51. The molecule has 1 aliphatic rings. The zero-order chi connectivity index (χ0) is 28.2. The number of hydrogen-bond acceptors (Lipinski definition) is 6. The van der Waals surface area contributed by atoms with E-state index in [0.29, 0.717) is 5.02 Å². The molecular formula is C26H35ClN4O6S.